The third-order valence-electron chi connectivity index (χ3n) is 2.50. The highest BCUT2D eigenvalue weighted by atomic mass is 16.5. The number of carbonyl (C=O) groups is 2. The number of Topliss-reactive ketones (excluding diaryl/α,β-unsaturated/α-hetero) is 1. The van der Waals surface area contributed by atoms with Crippen LogP contribution in [0.5, 0.6) is 0 Å². The number of unbranched alkanes of at least 4 members (excludes halogenated alkanes) is 1. The van der Waals surface area contributed by atoms with Gasteiger partial charge in [0, 0.05) is 12.5 Å². The summed E-state index contributed by atoms with van der Waals surface area (Å²) in [5.41, 5.74) is 1.82. The van der Waals surface area contributed by atoms with E-state index in [0.29, 0.717) is 5.56 Å². The fourth-order valence-electron chi connectivity index (χ4n) is 1.49. The Morgan fingerprint density at radius 3 is 2.35 bits per heavy atom. The third-order valence-corrected chi connectivity index (χ3v) is 2.50. The molecule has 0 unspecified atom stereocenters. The predicted molar refractivity (Wildman–Crippen MR) is 66.0 cm³/mol. The first kappa shape index (κ1) is 13.4. The van der Waals surface area contributed by atoms with Gasteiger partial charge < -0.3 is 4.74 Å². The van der Waals surface area contributed by atoms with Crippen molar-refractivity contribution in [1.82, 2.24) is 0 Å². The number of aryl methyl sites for hydroxylation is 1. The summed E-state index contributed by atoms with van der Waals surface area (Å²) in [6.45, 7) is 3.27. The minimum Gasteiger partial charge on any atom is -0.457 e. The van der Waals surface area contributed by atoms with E-state index in [1.54, 1.807) is 12.1 Å². The quantitative estimate of drug-likeness (QED) is 0.561. The molecule has 0 saturated carbocycles. The number of hydrogen-bond donors (Lipinski definition) is 0. The Bertz CT molecular complexity index is 379. The number of rotatable bonds is 6. The maximum Gasteiger partial charge on any atom is 0.303 e. The van der Waals surface area contributed by atoms with Gasteiger partial charge >= 0.3 is 5.97 Å². The molecule has 1 aromatic rings. The van der Waals surface area contributed by atoms with Crippen molar-refractivity contribution in [2.75, 3.05) is 6.61 Å². The molecule has 0 radical (unpaired) electrons. The van der Waals surface area contributed by atoms with Gasteiger partial charge in [0.05, 0.1) is 0 Å². The van der Waals surface area contributed by atoms with Crippen LogP contribution in [0.1, 0.15) is 42.6 Å². The van der Waals surface area contributed by atoms with Crippen molar-refractivity contribution in [3.05, 3.63) is 35.4 Å². The van der Waals surface area contributed by atoms with Gasteiger partial charge in [0.25, 0.3) is 0 Å². The van der Waals surface area contributed by atoms with Crippen LogP contribution in [0.15, 0.2) is 24.3 Å². The van der Waals surface area contributed by atoms with E-state index < -0.39 is 5.97 Å². The van der Waals surface area contributed by atoms with E-state index in [4.69, 9.17) is 0 Å². The maximum atomic E-state index is 11.6. The first-order valence-electron chi connectivity index (χ1n) is 5.89. The molecule has 0 amide bonds. The normalized spacial score (nSPS) is 10.0. The summed E-state index contributed by atoms with van der Waals surface area (Å²) in [7, 11) is 0. The lowest BCUT2D eigenvalue weighted by Crippen LogP contribution is -2.11. The van der Waals surface area contributed by atoms with Gasteiger partial charge in [-0.3, -0.25) is 9.59 Å². The van der Waals surface area contributed by atoms with Crippen LogP contribution in [0.4, 0.5) is 0 Å². The van der Waals surface area contributed by atoms with Crippen LogP contribution in [0, 0.1) is 0 Å². The second kappa shape index (κ2) is 6.84. The first-order chi connectivity index (χ1) is 8.13. The number of carbonyl (C=O) groups excluding carboxylic acids is 2. The van der Waals surface area contributed by atoms with Crippen LogP contribution in [0.3, 0.4) is 0 Å². The first-order valence-corrected chi connectivity index (χ1v) is 5.89. The van der Waals surface area contributed by atoms with Crippen molar-refractivity contribution in [2.24, 2.45) is 0 Å². The largest absolute Gasteiger partial charge is 0.457 e. The zero-order valence-corrected chi connectivity index (χ0v) is 10.4. The molecule has 0 aliphatic heterocycles. The van der Waals surface area contributed by atoms with Gasteiger partial charge in [0.15, 0.2) is 12.4 Å². The van der Waals surface area contributed by atoms with Crippen molar-refractivity contribution in [3.8, 4) is 0 Å². The van der Waals surface area contributed by atoms with Crippen LogP contribution in [0.25, 0.3) is 0 Å². The zero-order valence-electron chi connectivity index (χ0n) is 10.4. The van der Waals surface area contributed by atoms with Crippen molar-refractivity contribution in [2.45, 2.75) is 33.1 Å². The highest BCUT2D eigenvalue weighted by molar-refractivity contribution is 5.97. The fraction of sp³-hybridized carbons (Fsp3) is 0.429. The van der Waals surface area contributed by atoms with Crippen LogP contribution in [0.2, 0.25) is 0 Å². The molecule has 0 saturated heterocycles. The average Bonchev–Trinajstić information content (AvgIpc) is 2.34. The number of ether oxygens (including phenoxy) is 1. The third kappa shape index (κ3) is 4.81. The molecular weight excluding hydrogens is 216 g/mol. The van der Waals surface area contributed by atoms with Gasteiger partial charge in [-0.05, 0) is 18.4 Å². The van der Waals surface area contributed by atoms with Gasteiger partial charge in [0.2, 0.25) is 0 Å². The molecule has 0 aromatic heterocycles. The molecule has 3 nitrogen and oxygen atoms in total. The Balaban J connectivity index is 2.54. The molecule has 92 valence electrons. The van der Waals surface area contributed by atoms with Crippen molar-refractivity contribution >= 4 is 11.8 Å². The number of hydrogen-bond acceptors (Lipinski definition) is 3. The van der Waals surface area contributed by atoms with Crippen LogP contribution < -0.4 is 0 Å². The lowest BCUT2D eigenvalue weighted by molar-refractivity contribution is -0.139. The minimum atomic E-state index is -0.432. The molecule has 3 heteroatoms. The summed E-state index contributed by atoms with van der Waals surface area (Å²) in [6, 6.07) is 7.49. The zero-order chi connectivity index (χ0) is 12.7. The van der Waals surface area contributed by atoms with Gasteiger partial charge in [-0.2, -0.15) is 0 Å². The van der Waals surface area contributed by atoms with E-state index in [9.17, 15) is 9.59 Å². The smallest absolute Gasteiger partial charge is 0.303 e. The SMILES string of the molecule is CCCCc1ccc(C(=O)COC(C)=O)cc1. The Morgan fingerprint density at radius 2 is 1.82 bits per heavy atom. The Kier molecular flexibility index (Phi) is 5.40. The summed E-state index contributed by atoms with van der Waals surface area (Å²) in [5.74, 6) is -0.597. The minimum absolute atomic E-state index is 0.165. The summed E-state index contributed by atoms with van der Waals surface area (Å²) < 4.78 is 4.66. The van der Waals surface area contributed by atoms with Crippen molar-refractivity contribution < 1.29 is 14.3 Å². The van der Waals surface area contributed by atoms with E-state index in [1.165, 1.54) is 12.5 Å². The molecule has 0 fully saturated rings. The van der Waals surface area contributed by atoms with Gasteiger partial charge in [0.1, 0.15) is 0 Å². The Hall–Kier alpha value is -1.64. The van der Waals surface area contributed by atoms with Gasteiger partial charge in [-0.25, -0.2) is 0 Å². The molecule has 0 aliphatic rings. The van der Waals surface area contributed by atoms with E-state index in [-0.39, 0.29) is 12.4 Å². The van der Waals surface area contributed by atoms with E-state index >= 15 is 0 Å². The molecule has 0 aliphatic carbocycles. The Labute approximate surface area is 102 Å². The summed E-state index contributed by atoms with van der Waals surface area (Å²) in [6.07, 6.45) is 3.35. The fourth-order valence-corrected chi connectivity index (χ4v) is 1.49. The van der Waals surface area contributed by atoms with Crippen LogP contribution in [-0.2, 0) is 16.0 Å². The molecular formula is C14H18O3. The Morgan fingerprint density at radius 1 is 1.18 bits per heavy atom. The predicted octanol–water partition coefficient (Wildman–Crippen LogP) is 2.78. The molecule has 0 bridgehead atoms. The molecule has 1 rings (SSSR count). The second-order valence-corrected chi connectivity index (χ2v) is 4.00. The molecule has 0 spiro atoms. The topological polar surface area (TPSA) is 43.4 Å². The lowest BCUT2D eigenvalue weighted by atomic mass is 10.0. The second-order valence-electron chi connectivity index (χ2n) is 4.00. The summed E-state index contributed by atoms with van der Waals surface area (Å²) in [5, 5.41) is 0. The highest BCUT2D eigenvalue weighted by Gasteiger charge is 2.07. The monoisotopic (exact) mass is 234 g/mol. The molecule has 17 heavy (non-hydrogen) atoms. The highest BCUT2D eigenvalue weighted by Crippen LogP contribution is 2.08. The van der Waals surface area contributed by atoms with Crippen LogP contribution in [-0.4, -0.2) is 18.4 Å². The van der Waals surface area contributed by atoms with Gasteiger partial charge in [-0.1, -0.05) is 37.6 Å². The van der Waals surface area contributed by atoms with E-state index in [0.717, 1.165) is 19.3 Å². The van der Waals surface area contributed by atoms with Crippen LogP contribution >= 0.6 is 0 Å². The lowest BCUT2D eigenvalue weighted by Gasteiger charge is -2.03. The van der Waals surface area contributed by atoms with E-state index in [1.807, 2.05) is 12.1 Å². The summed E-state index contributed by atoms with van der Waals surface area (Å²) >= 11 is 0. The van der Waals surface area contributed by atoms with Crippen molar-refractivity contribution in [3.63, 3.8) is 0 Å². The maximum absolute atomic E-state index is 11.6. The van der Waals surface area contributed by atoms with Gasteiger partial charge in [-0.15, -0.1) is 0 Å². The van der Waals surface area contributed by atoms with Crippen molar-refractivity contribution in [1.29, 1.82) is 0 Å². The molecule has 0 N–H and O–H groups in total. The number of ketones is 1. The molecule has 0 heterocycles. The average molecular weight is 234 g/mol. The number of esters is 1. The number of benzene rings is 1. The molecule has 1 aromatic carbocycles. The summed E-state index contributed by atoms with van der Waals surface area (Å²) in [4.78, 5) is 22.2. The standard InChI is InChI=1S/C14H18O3/c1-3-4-5-12-6-8-13(9-7-12)14(16)10-17-11(2)15/h6-9H,3-5,10H2,1-2H3. The van der Waals surface area contributed by atoms with E-state index in [2.05, 4.69) is 11.7 Å². The molecule has 0 atom stereocenters.